The van der Waals surface area contributed by atoms with Gasteiger partial charge in [0.1, 0.15) is 5.76 Å². The SMILES string of the molecule is Cc1cc(=O)c(O)c([C@H](CC(N)=O)c2cnn(C(C)C)c2)o1. The Labute approximate surface area is 127 Å². The highest BCUT2D eigenvalue weighted by Gasteiger charge is 2.26. The van der Waals surface area contributed by atoms with Crippen LogP contribution in [0.1, 0.15) is 49.3 Å². The van der Waals surface area contributed by atoms with Crippen LogP contribution >= 0.6 is 0 Å². The zero-order valence-corrected chi connectivity index (χ0v) is 12.7. The van der Waals surface area contributed by atoms with E-state index < -0.39 is 23.0 Å². The van der Waals surface area contributed by atoms with E-state index in [1.54, 1.807) is 24.0 Å². The Morgan fingerprint density at radius 2 is 2.18 bits per heavy atom. The van der Waals surface area contributed by atoms with E-state index in [1.807, 2.05) is 13.8 Å². The molecule has 2 aromatic heterocycles. The van der Waals surface area contributed by atoms with Crippen LogP contribution in [0.2, 0.25) is 0 Å². The third kappa shape index (κ3) is 3.19. The second-order valence-electron chi connectivity index (χ2n) is 5.50. The molecule has 0 spiro atoms. The normalized spacial score (nSPS) is 12.5. The van der Waals surface area contributed by atoms with Crippen LogP contribution in [0.3, 0.4) is 0 Å². The molecule has 2 rings (SSSR count). The molecule has 0 fully saturated rings. The van der Waals surface area contributed by atoms with E-state index in [-0.39, 0.29) is 18.2 Å². The maximum absolute atomic E-state index is 11.7. The molecule has 0 saturated carbocycles. The summed E-state index contributed by atoms with van der Waals surface area (Å²) in [5.74, 6) is -1.34. The third-order valence-corrected chi connectivity index (χ3v) is 3.35. The Hall–Kier alpha value is -2.57. The average molecular weight is 305 g/mol. The molecule has 7 nitrogen and oxygen atoms in total. The van der Waals surface area contributed by atoms with Gasteiger partial charge in [-0.1, -0.05) is 0 Å². The largest absolute Gasteiger partial charge is 0.502 e. The summed E-state index contributed by atoms with van der Waals surface area (Å²) in [6, 6.07) is 1.33. The van der Waals surface area contributed by atoms with Crippen LogP contribution in [-0.2, 0) is 4.79 Å². The molecule has 7 heteroatoms. The van der Waals surface area contributed by atoms with Crippen molar-refractivity contribution in [1.82, 2.24) is 9.78 Å². The summed E-state index contributed by atoms with van der Waals surface area (Å²) in [5.41, 5.74) is 5.39. The van der Waals surface area contributed by atoms with E-state index in [4.69, 9.17) is 10.2 Å². The summed E-state index contributed by atoms with van der Waals surface area (Å²) < 4.78 is 7.20. The molecule has 2 aromatic rings. The number of aryl methyl sites for hydroxylation is 1. The fourth-order valence-corrected chi connectivity index (χ4v) is 2.24. The number of rotatable bonds is 5. The highest BCUT2D eigenvalue weighted by molar-refractivity contribution is 5.75. The predicted octanol–water partition coefficient (Wildman–Crippen LogP) is 1.44. The van der Waals surface area contributed by atoms with Gasteiger partial charge in [-0.3, -0.25) is 14.3 Å². The molecule has 22 heavy (non-hydrogen) atoms. The Bertz CT molecular complexity index is 745. The number of carbonyl (C=O) groups is 1. The van der Waals surface area contributed by atoms with Crippen LogP contribution in [-0.4, -0.2) is 20.8 Å². The van der Waals surface area contributed by atoms with Crippen molar-refractivity contribution >= 4 is 5.91 Å². The molecule has 1 amide bonds. The number of nitrogens with zero attached hydrogens (tertiary/aromatic N) is 2. The maximum Gasteiger partial charge on any atom is 0.227 e. The van der Waals surface area contributed by atoms with Crippen molar-refractivity contribution in [3.8, 4) is 5.75 Å². The first-order chi connectivity index (χ1) is 10.3. The number of hydrogen-bond donors (Lipinski definition) is 2. The Balaban J connectivity index is 2.55. The van der Waals surface area contributed by atoms with E-state index in [0.29, 0.717) is 11.3 Å². The number of carbonyl (C=O) groups excluding carboxylic acids is 1. The van der Waals surface area contributed by atoms with E-state index in [1.165, 1.54) is 6.07 Å². The number of aromatic nitrogens is 2. The topological polar surface area (TPSA) is 111 Å². The van der Waals surface area contributed by atoms with Crippen LogP contribution in [0, 0.1) is 6.92 Å². The summed E-state index contributed by atoms with van der Waals surface area (Å²) in [4.78, 5) is 23.1. The smallest absolute Gasteiger partial charge is 0.227 e. The lowest BCUT2D eigenvalue weighted by Crippen LogP contribution is -2.17. The predicted molar refractivity (Wildman–Crippen MR) is 79.6 cm³/mol. The van der Waals surface area contributed by atoms with Crippen LogP contribution < -0.4 is 11.2 Å². The first kappa shape index (κ1) is 15.8. The number of nitrogens with two attached hydrogens (primary N) is 1. The molecule has 2 heterocycles. The average Bonchev–Trinajstić information content (AvgIpc) is 2.90. The molecule has 0 aliphatic rings. The molecule has 118 valence electrons. The van der Waals surface area contributed by atoms with E-state index >= 15 is 0 Å². The van der Waals surface area contributed by atoms with Gasteiger partial charge in [-0.25, -0.2) is 0 Å². The molecule has 0 radical (unpaired) electrons. The van der Waals surface area contributed by atoms with Crippen molar-refractivity contribution < 1.29 is 14.3 Å². The minimum atomic E-state index is -0.655. The minimum Gasteiger partial charge on any atom is -0.502 e. The first-order valence-electron chi connectivity index (χ1n) is 6.95. The lowest BCUT2D eigenvalue weighted by molar-refractivity contribution is -0.118. The second-order valence-corrected chi connectivity index (χ2v) is 5.50. The zero-order valence-electron chi connectivity index (χ0n) is 12.7. The Morgan fingerprint density at radius 3 is 2.73 bits per heavy atom. The van der Waals surface area contributed by atoms with Gasteiger partial charge < -0.3 is 15.3 Å². The summed E-state index contributed by atoms with van der Waals surface area (Å²) >= 11 is 0. The van der Waals surface area contributed by atoms with Crippen molar-refractivity contribution in [2.45, 2.75) is 39.2 Å². The molecule has 1 atom stereocenters. The van der Waals surface area contributed by atoms with Crippen molar-refractivity contribution in [3.63, 3.8) is 0 Å². The lowest BCUT2D eigenvalue weighted by atomic mass is 9.94. The van der Waals surface area contributed by atoms with Crippen LogP contribution in [0.15, 0.2) is 27.7 Å². The van der Waals surface area contributed by atoms with Crippen LogP contribution in [0.5, 0.6) is 5.75 Å². The third-order valence-electron chi connectivity index (χ3n) is 3.35. The van der Waals surface area contributed by atoms with Gasteiger partial charge in [0, 0.05) is 30.3 Å². The monoisotopic (exact) mass is 305 g/mol. The van der Waals surface area contributed by atoms with Crippen LogP contribution in [0.25, 0.3) is 0 Å². The quantitative estimate of drug-likeness (QED) is 0.868. The number of primary amides is 1. The minimum absolute atomic E-state index is 0.0344. The maximum atomic E-state index is 11.7. The highest BCUT2D eigenvalue weighted by atomic mass is 16.4. The fourth-order valence-electron chi connectivity index (χ4n) is 2.24. The summed E-state index contributed by atoms with van der Waals surface area (Å²) in [7, 11) is 0. The zero-order chi connectivity index (χ0) is 16.4. The molecular weight excluding hydrogens is 286 g/mol. The van der Waals surface area contributed by atoms with E-state index in [0.717, 1.165) is 0 Å². The molecule has 0 bridgehead atoms. The molecule has 0 saturated heterocycles. The number of hydrogen-bond acceptors (Lipinski definition) is 5. The Kier molecular flexibility index (Phi) is 4.35. The second kappa shape index (κ2) is 6.05. The molecule has 0 aliphatic heterocycles. The van der Waals surface area contributed by atoms with Gasteiger partial charge >= 0.3 is 0 Å². The summed E-state index contributed by atoms with van der Waals surface area (Å²) in [6.07, 6.45) is 3.24. The van der Waals surface area contributed by atoms with Gasteiger partial charge in [0.15, 0.2) is 5.76 Å². The summed E-state index contributed by atoms with van der Waals surface area (Å²) in [5, 5.41) is 14.2. The van der Waals surface area contributed by atoms with E-state index in [2.05, 4.69) is 5.10 Å². The van der Waals surface area contributed by atoms with Crippen molar-refractivity contribution in [3.05, 3.63) is 45.8 Å². The number of amides is 1. The highest BCUT2D eigenvalue weighted by Crippen LogP contribution is 2.32. The van der Waals surface area contributed by atoms with Gasteiger partial charge in [0.25, 0.3) is 0 Å². The lowest BCUT2D eigenvalue weighted by Gasteiger charge is -2.14. The molecule has 0 aliphatic carbocycles. The standard InChI is InChI=1S/C15H19N3O4/c1-8(2)18-7-10(6-17-18)11(5-13(16)20)15-14(21)12(19)4-9(3)22-15/h4,6-8,11,21H,5H2,1-3H3,(H2,16,20)/t11-/m1/s1. The molecular formula is C15H19N3O4. The Morgan fingerprint density at radius 1 is 1.50 bits per heavy atom. The van der Waals surface area contributed by atoms with Crippen molar-refractivity contribution in [1.29, 1.82) is 0 Å². The van der Waals surface area contributed by atoms with Crippen molar-refractivity contribution in [2.24, 2.45) is 5.73 Å². The van der Waals surface area contributed by atoms with Gasteiger partial charge in [0.05, 0.1) is 12.1 Å². The molecule has 0 unspecified atom stereocenters. The molecule has 0 aromatic carbocycles. The fraction of sp³-hybridized carbons (Fsp3) is 0.400. The first-order valence-corrected chi connectivity index (χ1v) is 6.95. The van der Waals surface area contributed by atoms with Gasteiger partial charge in [-0.05, 0) is 20.8 Å². The van der Waals surface area contributed by atoms with Gasteiger partial charge in [-0.15, -0.1) is 0 Å². The van der Waals surface area contributed by atoms with Gasteiger partial charge in [-0.2, -0.15) is 5.10 Å². The van der Waals surface area contributed by atoms with E-state index in [9.17, 15) is 14.7 Å². The van der Waals surface area contributed by atoms with Crippen molar-refractivity contribution in [2.75, 3.05) is 0 Å². The molecule has 3 N–H and O–H groups in total. The summed E-state index contributed by atoms with van der Waals surface area (Å²) in [6.45, 7) is 5.53. The number of aromatic hydroxyl groups is 1. The van der Waals surface area contributed by atoms with Gasteiger partial charge in [0.2, 0.25) is 17.1 Å². The van der Waals surface area contributed by atoms with Crippen LogP contribution in [0.4, 0.5) is 0 Å².